The first kappa shape index (κ1) is 8.54. The summed E-state index contributed by atoms with van der Waals surface area (Å²) in [6.07, 6.45) is 0.513. The van der Waals surface area contributed by atoms with E-state index in [2.05, 4.69) is 0 Å². The van der Waals surface area contributed by atoms with Gasteiger partial charge in [0, 0.05) is 0 Å². The standard InChI is InChI=1S/C4H5Cl3O/c1-4(7,2-8)3(5)6/h2-3H,1H3. The summed E-state index contributed by atoms with van der Waals surface area (Å²) in [6, 6.07) is 0. The monoisotopic (exact) mass is 174 g/mol. The van der Waals surface area contributed by atoms with Crippen molar-refractivity contribution in [2.45, 2.75) is 16.6 Å². The molecule has 0 aliphatic heterocycles. The van der Waals surface area contributed by atoms with E-state index in [9.17, 15) is 4.79 Å². The number of aldehydes is 1. The second kappa shape index (κ2) is 2.90. The molecule has 1 atom stereocenters. The third-order valence-electron chi connectivity index (χ3n) is 0.657. The van der Waals surface area contributed by atoms with Crippen molar-refractivity contribution < 1.29 is 4.79 Å². The molecule has 0 aromatic rings. The zero-order valence-electron chi connectivity index (χ0n) is 4.20. The van der Waals surface area contributed by atoms with Gasteiger partial charge in [0.15, 0.2) is 0 Å². The van der Waals surface area contributed by atoms with Crippen molar-refractivity contribution in [1.82, 2.24) is 0 Å². The van der Waals surface area contributed by atoms with Gasteiger partial charge in [0.05, 0.1) is 0 Å². The van der Waals surface area contributed by atoms with E-state index >= 15 is 0 Å². The summed E-state index contributed by atoms with van der Waals surface area (Å²) in [5, 5.41) is 0. The second-order valence-corrected chi connectivity index (χ2v) is 3.48. The zero-order valence-corrected chi connectivity index (χ0v) is 6.46. The van der Waals surface area contributed by atoms with E-state index in [0.29, 0.717) is 6.29 Å². The van der Waals surface area contributed by atoms with Gasteiger partial charge in [-0.3, -0.25) is 0 Å². The number of hydrogen-bond acceptors (Lipinski definition) is 1. The van der Waals surface area contributed by atoms with Crippen LogP contribution in [-0.2, 0) is 4.79 Å². The van der Waals surface area contributed by atoms with Crippen molar-refractivity contribution in [3.63, 3.8) is 0 Å². The highest BCUT2D eigenvalue weighted by Crippen LogP contribution is 2.24. The molecule has 0 saturated carbocycles. The maximum Gasteiger partial charge on any atom is 0.143 e. The Morgan fingerprint density at radius 1 is 1.62 bits per heavy atom. The van der Waals surface area contributed by atoms with Gasteiger partial charge in [0.1, 0.15) is 16.0 Å². The molecule has 0 saturated heterocycles. The average Bonchev–Trinajstić information content (AvgIpc) is 1.67. The molecule has 0 rings (SSSR count). The van der Waals surface area contributed by atoms with Crippen LogP contribution in [-0.4, -0.2) is 16.0 Å². The Hall–Kier alpha value is 0.540. The molecule has 0 radical (unpaired) electrons. The third kappa shape index (κ3) is 2.21. The van der Waals surface area contributed by atoms with Crippen LogP contribution in [0.4, 0.5) is 0 Å². The number of alkyl halides is 3. The van der Waals surface area contributed by atoms with Gasteiger partial charge in [-0.2, -0.15) is 0 Å². The van der Waals surface area contributed by atoms with Crippen molar-refractivity contribution in [2.75, 3.05) is 0 Å². The molecule has 0 aliphatic rings. The van der Waals surface area contributed by atoms with Crippen LogP contribution >= 0.6 is 34.8 Å². The predicted octanol–water partition coefficient (Wildman–Crippen LogP) is 1.99. The summed E-state index contributed by atoms with van der Waals surface area (Å²) in [4.78, 5) is 7.99. The van der Waals surface area contributed by atoms with Crippen LogP contribution in [0.3, 0.4) is 0 Å². The molecule has 48 valence electrons. The lowest BCUT2D eigenvalue weighted by atomic mass is 10.2. The van der Waals surface area contributed by atoms with Gasteiger partial charge in [-0.1, -0.05) is 0 Å². The molecular weight excluding hydrogens is 170 g/mol. The molecule has 4 heteroatoms. The second-order valence-electron chi connectivity index (χ2n) is 1.57. The minimum Gasteiger partial charge on any atom is -0.301 e. The van der Waals surface area contributed by atoms with E-state index in [0.717, 1.165) is 0 Å². The summed E-state index contributed by atoms with van der Waals surface area (Å²) in [5.41, 5.74) is 0. The first-order chi connectivity index (χ1) is 3.50. The van der Waals surface area contributed by atoms with Crippen molar-refractivity contribution in [3.05, 3.63) is 0 Å². The Morgan fingerprint density at radius 3 is 2.00 bits per heavy atom. The summed E-state index contributed by atoms with van der Waals surface area (Å²) < 4.78 is 0. The molecule has 1 unspecified atom stereocenters. The quantitative estimate of drug-likeness (QED) is 0.463. The molecular formula is C4H5Cl3O. The molecule has 0 aliphatic carbocycles. The van der Waals surface area contributed by atoms with Crippen LogP contribution in [0.15, 0.2) is 0 Å². The van der Waals surface area contributed by atoms with Gasteiger partial charge >= 0.3 is 0 Å². The van der Waals surface area contributed by atoms with E-state index < -0.39 is 9.71 Å². The predicted molar refractivity (Wildman–Crippen MR) is 35.8 cm³/mol. The van der Waals surface area contributed by atoms with E-state index in [1.807, 2.05) is 0 Å². The van der Waals surface area contributed by atoms with E-state index in [1.165, 1.54) is 6.92 Å². The van der Waals surface area contributed by atoms with Crippen LogP contribution in [0, 0.1) is 0 Å². The lowest BCUT2D eigenvalue weighted by Crippen LogP contribution is -2.26. The lowest BCUT2D eigenvalue weighted by molar-refractivity contribution is -0.109. The maximum absolute atomic E-state index is 9.97. The van der Waals surface area contributed by atoms with Crippen LogP contribution in [0.25, 0.3) is 0 Å². The molecule has 8 heavy (non-hydrogen) atoms. The topological polar surface area (TPSA) is 17.1 Å². The first-order valence-corrected chi connectivity index (χ1v) is 3.19. The fourth-order valence-electron chi connectivity index (χ4n) is 0.0514. The summed E-state index contributed by atoms with van der Waals surface area (Å²) in [5.74, 6) is 0. The number of hydrogen-bond donors (Lipinski definition) is 0. The van der Waals surface area contributed by atoms with E-state index in [-0.39, 0.29) is 0 Å². The largest absolute Gasteiger partial charge is 0.301 e. The summed E-state index contributed by atoms with van der Waals surface area (Å²) in [7, 11) is 0. The molecule has 0 aromatic carbocycles. The summed E-state index contributed by atoms with van der Waals surface area (Å²) in [6.45, 7) is 1.45. The SMILES string of the molecule is CC(Cl)(C=O)C(Cl)Cl. The molecule has 1 nitrogen and oxygen atoms in total. The third-order valence-corrected chi connectivity index (χ3v) is 2.09. The van der Waals surface area contributed by atoms with Crippen LogP contribution < -0.4 is 0 Å². The van der Waals surface area contributed by atoms with Gasteiger partial charge in [-0.25, -0.2) is 0 Å². The molecule has 0 heterocycles. The lowest BCUT2D eigenvalue weighted by Gasteiger charge is -2.13. The van der Waals surface area contributed by atoms with Gasteiger partial charge in [0.2, 0.25) is 0 Å². The van der Waals surface area contributed by atoms with Gasteiger partial charge in [-0.05, 0) is 6.92 Å². The minimum absolute atomic E-state index is 0.513. The molecule has 0 fully saturated rings. The Balaban J connectivity index is 3.90. The first-order valence-electron chi connectivity index (χ1n) is 1.94. The highest BCUT2D eigenvalue weighted by Gasteiger charge is 2.27. The van der Waals surface area contributed by atoms with Gasteiger partial charge in [0.25, 0.3) is 0 Å². The average molecular weight is 175 g/mol. The Morgan fingerprint density at radius 2 is 2.00 bits per heavy atom. The maximum atomic E-state index is 9.97. The highest BCUT2D eigenvalue weighted by atomic mass is 35.5. The normalized spacial score (nSPS) is 18.1. The van der Waals surface area contributed by atoms with E-state index in [4.69, 9.17) is 34.8 Å². The minimum atomic E-state index is -1.14. The molecule has 0 amide bonds. The van der Waals surface area contributed by atoms with Gasteiger partial charge in [-0.15, -0.1) is 34.8 Å². The van der Waals surface area contributed by atoms with Crippen molar-refractivity contribution in [1.29, 1.82) is 0 Å². The van der Waals surface area contributed by atoms with Crippen molar-refractivity contribution in [3.8, 4) is 0 Å². The molecule has 0 N–H and O–H groups in total. The summed E-state index contributed by atoms with van der Waals surface area (Å²) >= 11 is 16.0. The zero-order chi connectivity index (χ0) is 6.78. The molecule has 0 spiro atoms. The molecule has 0 bridgehead atoms. The highest BCUT2D eigenvalue weighted by molar-refractivity contribution is 6.52. The Kier molecular flexibility index (Phi) is 3.10. The van der Waals surface area contributed by atoms with Crippen LogP contribution in [0.2, 0.25) is 0 Å². The molecule has 0 aromatic heterocycles. The Labute approximate surface area is 62.9 Å². The Bertz CT molecular complexity index is 89.3. The number of carbonyl (C=O) groups excluding carboxylic acids is 1. The van der Waals surface area contributed by atoms with Crippen molar-refractivity contribution >= 4 is 41.1 Å². The number of halogens is 3. The van der Waals surface area contributed by atoms with E-state index in [1.54, 1.807) is 0 Å². The van der Waals surface area contributed by atoms with Crippen LogP contribution in [0.1, 0.15) is 6.92 Å². The number of carbonyl (C=O) groups is 1. The fraction of sp³-hybridized carbons (Fsp3) is 0.750. The smallest absolute Gasteiger partial charge is 0.143 e. The van der Waals surface area contributed by atoms with Crippen LogP contribution in [0.5, 0.6) is 0 Å². The number of rotatable bonds is 2. The fourth-order valence-corrected chi connectivity index (χ4v) is 0.154. The van der Waals surface area contributed by atoms with Gasteiger partial charge < -0.3 is 4.79 Å². The van der Waals surface area contributed by atoms with Crippen molar-refractivity contribution in [2.24, 2.45) is 0 Å².